The number of hydrogen-bond acceptors (Lipinski definition) is 3. The van der Waals surface area contributed by atoms with E-state index in [1.807, 2.05) is 18.2 Å². The molecule has 1 heterocycles. The second kappa shape index (κ2) is 4.56. The van der Waals surface area contributed by atoms with Crippen LogP contribution in [-0.4, -0.2) is 22.4 Å². The molecule has 0 saturated heterocycles. The molecule has 18 heavy (non-hydrogen) atoms. The first-order valence-electron chi connectivity index (χ1n) is 6.86. The van der Waals surface area contributed by atoms with E-state index in [-0.39, 0.29) is 0 Å². The molecule has 2 N–H and O–H groups in total. The number of aliphatic hydroxyl groups excluding tert-OH is 1. The van der Waals surface area contributed by atoms with Crippen molar-refractivity contribution < 1.29 is 14.9 Å². The standard InChI is InChI=1S/C15H20O3/c16-14(15(17)8-1-2-9-15)12-7-3-5-11-6-4-10-18-13(11)12/h3,5,7,14,16-17H,1-2,4,6,8-10H2. The van der Waals surface area contributed by atoms with Crippen molar-refractivity contribution in [2.24, 2.45) is 0 Å². The van der Waals surface area contributed by atoms with Gasteiger partial charge < -0.3 is 14.9 Å². The number of benzene rings is 1. The summed E-state index contributed by atoms with van der Waals surface area (Å²) < 4.78 is 5.71. The van der Waals surface area contributed by atoms with Gasteiger partial charge in [0.25, 0.3) is 0 Å². The van der Waals surface area contributed by atoms with Crippen molar-refractivity contribution in [2.75, 3.05) is 6.61 Å². The number of rotatable bonds is 2. The molecule has 3 nitrogen and oxygen atoms in total. The zero-order valence-electron chi connectivity index (χ0n) is 10.6. The van der Waals surface area contributed by atoms with Gasteiger partial charge in [-0.25, -0.2) is 0 Å². The second-order valence-electron chi connectivity index (χ2n) is 5.50. The third-order valence-corrected chi connectivity index (χ3v) is 4.24. The molecule has 0 bridgehead atoms. The van der Waals surface area contributed by atoms with Crippen LogP contribution in [0.1, 0.15) is 49.3 Å². The van der Waals surface area contributed by atoms with Crippen molar-refractivity contribution in [1.82, 2.24) is 0 Å². The van der Waals surface area contributed by atoms with Crippen LogP contribution in [0.15, 0.2) is 18.2 Å². The minimum Gasteiger partial charge on any atom is -0.493 e. The number of para-hydroxylation sites is 1. The first kappa shape index (κ1) is 12.0. The molecule has 2 aliphatic rings. The first-order chi connectivity index (χ1) is 8.71. The van der Waals surface area contributed by atoms with E-state index in [1.54, 1.807) is 0 Å². The summed E-state index contributed by atoms with van der Waals surface area (Å²) in [6.07, 6.45) is 4.53. The molecule has 1 aliphatic carbocycles. The van der Waals surface area contributed by atoms with Gasteiger partial charge in [0.05, 0.1) is 12.2 Å². The van der Waals surface area contributed by atoms with Gasteiger partial charge in [-0.15, -0.1) is 0 Å². The monoisotopic (exact) mass is 248 g/mol. The van der Waals surface area contributed by atoms with Crippen LogP contribution in [0.25, 0.3) is 0 Å². The smallest absolute Gasteiger partial charge is 0.128 e. The van der Waals surface area contributed by atoms with Crippen LogP contribution in [0.4, 0.5) is 0 Å². The van der Waals surface area contributed by atoms with E-state index in [9.17, 15) is 10.2 Å². The van der Waals surface area contributed by atoms with Crippen LogP contribution in [0.2, 0.25) is 0 Å². The summed E-state index contributed by atoms with van der Waals surface area (Å²) in [7, 11) is 0. The Balaban J connectivity index is 1.96. The number of hydrogen-bond donors (Lipinski definition) is 2. The number of aliphatic hydroxyl groups is 2. The van der Waals surface area contributed by atoms with E-state index in [1.165, 1.54) is 0 Å². The maximum atomic E-state index is 10.5. The van der Waals surface area contributed by atoms with Crippen molar-refractivity contribution in [3.8, 4) is 5.75 Å². The Hall–Kier alpha value is -1.06. The van der Waals surface area contributed by atoms with E-state index in [0.717, 1.165) is 42.6 Å². The molecule has 0 radical (unpaired) electrons. The Morgan fingerprint density at radius 3 is 2.72 bits per heavy atom. The molecule has 1 aromatic rings. The van der Waals surface area contributed by atoms with Crippen LogP contribution in [0.3, 0.4) is 0 Å². The number of aryl methyl sites for hydroxylation is 1. The second-order valence-corrected chi connectivity index (χ2v) is 5.50. The lowest BCUT2D eigenvalue weighted by molar-refractivity contribution is -0.0729. The minimum atomic E-state index is -0.962. The molecule has 1 fully saturated rings. The quantitative estimate of drug-likeness (QED) is 0.844. The Bertz CT molecular complexity index is 435. The molecule has 1 unspecified atom stereocenters. The molecule has 1 aromatic carbocycles. The van der Waals surface area contributed by atoms with Crippen molar-refractivity contribution >= 4 is 0 Å². The van der Waals surface area contributed by atoms with Crippen LogP contribution >= 0.6 is 0 Å². The van der Waals surface area contributed by atoms with Crippen molar-refractivity contribution in [1.29, 1.82) is 0 Å². The van der Waals surface area contributed by atoms with Crippen LogP contribution in [0, 0.1) is 0 Å². The normalized spacial score (nSPS) is 23.2. The van der Waals surface area contributed by atoms with Crippen molar-refractivity contribution in [3.05, 3.63) is 29.3 Å². The topological polar surface area (TPSA) is 49.7 Å². The van der Waals surface area contributed by atoms with Gasteiger partial charge >= 0.3 is 0 Å². The maximum absolute atomic E-state index is 10.5. The highest BCUT2D eigenvalue weighted by Crippen LogP contribution is 2.43. The van der Waals surface area contributed by atoms with Gasteiger partial charge in [0, 0.05) is 5.56 Å². The van der Waals surface area contributed by atoms with Crippen LogP contribution in [-0.2, 0) is 6.42 Å². The summed E-state index contributed by atoms with van der Waals surface area (Å²) >= 11 is 0. The van der Waals surface area contributed by atoms with Crippen LogP contribution in [0.5, 0.6) is 5.75 Å². The molecule has 0 aromatic heterocycles. The number of ether oxygens (including phenoxy) is 1. The third-order valence-electron chi connectivity index (χ3n) is 4.24. The molecular formula is C15H20O3. The minimum absolute atomic E-state index is 0.678. The molecule has 1 atom stereocenters. The van der Waals surface area contributed by atoms with Gasteiger partial charge in [-0.2, -0.15) is 0 Å². The lowest BCUT2D eigenvalue weighted by atomic mass is 9.87. The molecule has 98 valence electrons. The highest BCUT2D eigenvalue weighted by Gasteiger charge is 2.40. The summed E-state index contributed by atoms with van der Waals surface area (Å²) in [4.78, 5) is 0. The highest BCUT2D eigenvalue weighted by atomic mass is 16.5. The van der Waals surface area contributed by atoms with Gasteiger partial charge in [-0.1, -0.05) is 31.0 Å². The fraction of sp³-hybridized carbons (Fsp3) is 0.600. The largest absolute Gasteiger partial charge is 0.493 e. The third kappa shape index (κ3) is 1.91. The van der Waals surface area contributed by atoms with Crippen LogP contribution < -0.4 is 4.74 Å². The van der Waals surface area contributed by atoms with E-state index in [4.69, 9.17) is 4.74 Å². The first-order valence-corrected chi connectivity index (χ1v) is 6.86. The van der Waals surface area contributed by atoms with E-state index in [2.05, 4.69) is 0 Å². The van der Waals surface area contributed by atoms with Gasteiger partial charge in [0.1, 0.15) is 11.9 Å². The van der Waals surface area contributed by atoms with Crippen molar-refractivity contribution in [3.63, 3.8) is 0 Å². The maximum Gasteiger partial charge on any atom is 0.128 e. The molecule has 1 aliphatic heterocycles. The van der Waals surface area contributed by atoms with E-state index >= 15 is 0 Å². The summed E-state index contributed by atoms with van der Waals surface area (Å²) in [5.74, 6) is 0.802. The lowest BCUT2D eigenvalue weighted by Gasteiger charge is -2.31. The fourth-order valence-electron chi connectivity index (χ4n) is 3.18. The molecular weight excluding hydrogens is 228 g/mol. The van der Waals surface area contributed by atoms with E-state index < -0.39 is 11.7 Å². The average Bonchev–Trinajstić information content (AvgIpc) is 2.85. The Kier molecular flexibility index (Phi) is 3.04. The van der Waals surface area contributed by atoms with Gasteiger partial charge in [-0.3, -0.25) is 0 Å². The molecule has 0 amide bonds. The predicted octanol–water partition coefficient (Wildman–Crippen LogP) is 2.35. The Labute approximate surface area is 107 Å². The van der Waals surface area contributed by atoms with E-state index in [0.29, 0.717) is 19.4 Å². The SMILES string of the molecule is OC(c1cccc2c1OCCC2)C1(O)CCCC1. The van der Waals surface area contributed by atoms with Gasteiger partial charge in [0.2, 0.25) is 0 Å². The fourth-order valence-corrected chi connectivity index (χ4v) is 3.18. The summed E-state index contributed by atoms with van der Waals surface area (Å²) in [6, 6.07) is 5.87. The average molecular weight is 248 g/mol. The Morgan fingerprint density at radius 2 is 1.94 bits per heavy atom. The van der Waals surface area contributed by atoms with Crippen molar-refractivity contribution in [2.45, 2.75) is 50.2 Å². The number of fused-ring (bicyclic) bond motifs is 1. The Morgan fingerprint density at radius 1 is 1.17 bits per heavy atom. The highest BCUT2D eigenvalue weighted by molar-refractivity contribution is 5.44. The molecule has 3 heteroatoms. The zero-order valence-corrected chi connectivity index (χ0v) is 10.6. The van der Waals surface area contributed by atoms with Gasteiger partial charge in [-0.05, 0) is 31.2 Å². The molecule has 0 spiro atoms. The van der Waals surface area contributed by atoms with Gasteiger partial charge in [0.15, 0.2) is 0 Å². The summed E-state index contributed by atoms with van der Waals surface area (Å²) in [5, 5.41) is 21.0. The predicted molar refractivity (Wildman–Crippen MR) is 68.6 cm³/mol. The summed E-state index contributed by atoms with van der Waals surface area (Å²) in [5.41, 5.74) is 0.951. The lowest BCUT2D eigenvalue weighted by Crippen LogP contribution is -2.33. The molecule has 1 saturated carbocycles. The summed E-state index contributed by atoms with van der Waals surface area (Å²) in [6.45, 7) is 0.704. The zero-order chi connectivity index (χ0) is 12.6. The molecule has 3 rings (SSSR count).